The molecule has 0 unspecified atom stereocenters. The number of piperidine rings is 1. The van der Waals surface area contributed by atoms with Gasteiger partial charge >= 0.3 is 5.69 Å². The zero-order valence-corrected chi connectivity index (χ0v) is 14.9. The lowest BCUT2D eigenvalue weighted by atomic mass is 9.95. The van der Waals surface area contributed by atoms with Gasteiger partial charge in [-0.15, -0.1) is 11.3 Å². The molecule has 1 aliphatic heterocycles. The molecule has 3 heterocycles. The summed E-state index contributed by atoms with van der Waals surface area (Å²) in [6.07, 6.45) is 3.90. The minimum Gasteiger partial charge on any atom is -0.338 e. The van der Waals surface area contributed by atoms with Crippen LogP contribution in [0.3, 0.4) is 0 Å². The van der Waals surface area contributed by atoms with E-state index in [-0.39, 0.29) is 17.5 Å². The van der Waals surface area contributed by atoms with Crippen molar-refractivity contribution in [2.45, 2.75) is 44.6 Å². The first-order valence-corrected chi connectivity index (χ1v) is 9.42. The highest BCUT2D eigenvalue weighted by atomic mass is 32.1. The molecule has 2 aromatic rings. The predicted molar refractivity (Wildman–Crippen MR) is 92.7 cm³/mol. The summed E-state index contributed by atoms with van der Waals surface area (Å²) in [4.78, 5) is 27.6. The molecule has 0 N–H and O–H groups in total. The summed E-state index contributed by atoms with van der Waals surface area (Å²) in [7, 11) is 1.72. The number of likely N-dealkylation sites (tertiary alicyclic amines) is 1. The number of carbonyl (C=O) groups is 1. The average Bonchev–Trinajstić information content (AvgIpc) is 3.26. The molecule has 1 saturated heterocycles. The number of carbonyl (C=O) groups excluding carboxylic acids is 1. The van der Waals surface area contributed by atoms with Crippen molar-refractivity contribution in [3.63, 3.8) is 0 Å². The van der Waals surface area contributed by atoms with Crippen molar-refractivity contribution in [3.05, 3.63) is 38.2 Å². The van der Waals surface area contributed by atoms with E-state index in [2.05, 4.69) is 5.10 Å². The fraction of sp³-hybridized carbons (Fsp3) is 0.588. The van der Waals surface area contributed by atoms with Crippen LogP contribution in [0, 0.1) is 6.92 Å². The van der Waals surface area contributed by atoms with Crippen LogP contribution in [0.1, 0.15) is 58.7 Å². The van der Waals surface area contributed by atoms with Crippen LogP contribution in [-0.4, -0.2) is 38.2 Å². The quantitative estimate of drug-likeness (QED) is 0.857. The Balaban J connectivity index is 1.48. The average molecular weight is 346 g/mol. The van der Waals surface area contributed by atoms with Gasteiger partial charge in [0.2, 0.25) is 0 Å². The summed E-state index contributed by atoms with van der Waals surface area (Å²) in [6.45, 7) is 3.48. The molecule has 0 radical (unpaired) electrons. The van der Waals surface area contributed by atoms with Crippen molar-refractivity contribution in [1.29, 1.82) is 0 Å². The van der Waals surface area contributed by atoms with Crippen molar-refractivity contribution in [1.82, 2.24) is 19.2 Å². The maximum absolute atomic E-state index is 12.6. The number of hydrogen-bond acceptors (Lipinski definition) is 4. The number of hydrogen-bond donors (Lipinski definition) is 0. The van der Waals surface area contributed by atoms with E-state index < -0.39 is 0 Å². The van der Waals surface area contributed by atoms with Crippen LogP contribution in [-0.2, 0) is 7.05 Å². The van der Waals surface area contributed by atoms with E-state index in [0.717, 1.165) is 55.0 Å². The molecule has 6 nitrogen and oxygen atoms in total. The van der Waals surface area contributed by atoms with Gasteiger partial charge in [-0.05, 0) is 49.6 Å². The van der Waals surface area contributed by atoms with Gasteiger partial charge in [-0.25, -0.2) is 9.48 Å². The number of rotatable bonds is 3. The van der Waals surface area contributed by atoms with Crippen LogP contribution in [0.2, 0.25) is 0 Å². The van der Waals surface area contributed by atoms with Gasteiger partial charge in [0.15, 0.2) is 0 Å². The molecule has 1 saturated carbocycles. The largest absolute Gasteiger partial charge is 0.345 e. The van der Waals surface area contributed by atoms with Gasteiger partial charge in [-0.2, -0.15) is 5.10 Å². The van der Waals surface area contributed by atoms with Gasteiger partial charge in [-0.1, -0.05) is 0 Å². The zero-order chi connectivity index (χ0) is 16.8. The lowest BCUT2D eigenvalue weighted by Gasteiger charge is -2.31. The van der Waals surface area contributed by atoms with Crippen LogP contribution >= 0.6 is 11.3 Å². The summed E-state index contributed by atoms with van der Waals surface area (Å²) in [5.41, 5.74) is 1.14. The molecule has 0 aromatic carbocycles. The molecule has 2 aliphatic rings. The Hall–Kier alpha value is -1.89. The van der Waals surface area contributed by atoms with Gasteiger partial charge in [0.1, 0.15) is 5.82 Å². The van der Waals surface area contributed by atoms with Crippen molar-refractivity contribution in [2.75, 3.05) is 13.1 Å². The molecule has 128 valence electrons. The molecule has 24 heavy (non-hydrogen) atoms. The van der Waals surface area contributed by atoms with Crippen LogP contribution < -0.4 is 5.69 Å². The normalized spacial score (nSPS) is 19.0. The highest BCUT2D eigenvalue weighted by Crippen LogP contribution is 2.37. The van der Waals surface area contributed by atoms with Crippen LogP contribution in [0.25, 0.3) is 0 Å². The smallest absolute Gasteiger partial charge is 0.338 e. The molecule has 7 heteroatoms. The van der Waals surface area contributed by atoms with Crippen molar-refractivity contribution >= 4 is 17.2 Å². The highest BCUT2D eigenvalue weighted by Gasteiger charge is 2.34. The standard InChI is InChI=1S/C17H22N4O2S/c1-11-9-14(24-10-11)16(22)20-7-5-12(6-8-20)15-18-19(2)17(23)21(15)13-3-4-13/h9-10,12-13H,3-8H2,1-2H3. The summed E-state index contributed by atoms with van der Waals surface area (Å²) >= 11 is 1.52. The Morgan fingerprint density at radius 2 is 1.96 bits per heavy atom. The van der Waals surface area contributed by atoms with Gasteiger partial charge in [0, 0.05) is 32.1 Å². The van der Waals surface area contributed by atoms with Crippen LogP contribution in [0.15, 0.2) is 16.2 Å². The van der Waals surface area contributed by atoms with E-state index in [9.17, 15) is 9.59 Å². The third-order valence-corrected chi connectivity index (χ3v) is 6.02. The van der Waals surface area contributed by atoms with Crippen molar-refractivity contribution < 1.29 is 4.79 Å². The van der Waals surface area contributed by atoms with Gasteiger partial charge in [0.05, 0.1) is 4.88 Å². The van der Waals surface area contributed by atoms with Crippen LogP contribution in [0.4, 0.5) is 0 Å². The zero-order valence-electron chi connectivity index (χ0n) is 14.1. The first-order chi connectivity index (χ1) is 11.5. The summed E-state index contributed by atoms with van der Waals surface area (Å²) in [6, 6.07) is 2.30. The minimum absolute atomic E-state index is 0.0000618. The highest BCUT2D eigenvalue weighted by molar-refractivity contribution is 7.12. The monoisotopic (exact) mass is 346 g/mol. The molecule has 0 spiro atoms. The van der Waals surface area contributed by atoms with E-state index in [1.165, 1.54) is 16.0 Å². The van der Waals surface area contributed by atoms with E-state index in [1.807, 2.05) is 27.8 Å². The van der Waals surface area contributed by atoms with E-state index in [0.29, 0.717) is 6.04 Å². The molecule has 1 amide bonds. The van der Waals surface area contributed by atoms with Crippen LogP contribution in [0.5, 0.6) is 0 Å². The molecular formula is C17H22N4O2S. The minimum atomic E-state index is 0.0000618. The Labute approximate surface area is 144 Å². The number of nitrogens with zero attached hydrogens (tertiary/aromatic N) is 4. The van der Waals surface area contributed by atoms with Crippen molar-refractivity contribution in [2.24, 2.45) is 7.05 Å². The lowest BCUT2D eigenvalue weighted by molar-refractivity contribution is 0.0715. The second kappa shape index (κ2) is 5.88. The topological polar surface area (TPSA) is 60.1 Å². The Morgan fingerprint density at radius 1 is 1.25 bits per heavy atom. The lowest BCUT2D eigenvalue weighted by Crippen LogP contribution is -2.38. The molecule has 1 aliphatic carbocycles. The van der Waals surface area contributed by atoms with Gasteiger partial charge in [0.25, 0.3) is 5.91 Å². The molecule has 0 bridgehead atoms. The first-order valence-electron chi connectivity index (χ1n) is 8.54. The Kier molecular flexibility index (Phi) is 3.83. The van der Waals surface area contributed by atoms with E-state index in [1.54, 1.807) is 7.05 Å². The van der Waals surface area contributed by atoms with E-state index in [4.69, 9.17) is 0 Å². The molecule has 0 atom stereocenters. The Bertz CT molecular complexity index is 822. The third kappa shape index (κ3) is 2.70. The Morgan fingerprint density at radius 3 is 2.54 bits per heavy atom. The van der Waals surface area contributed by atoms with Crippen molar-refractivity contribution in [3.8, 4) is 0 Å². The summed E-state index contributed by atoms with van der Waals surface area (Å²) in [5, 5.41) is 6.51. The third-order valence-electron chi connectivity index (χ3n) is 4.98. The molecular weight excluding hydrogens is 324 g/mol. The summed E-state index contributed by atoms with van der Waals surface area (Å²) in [5.74, 6) is 1.32. The number of amides is 1. The van der Waals surface area contributed by atoms with Gasteiger partial charge < -0.3 is 4.90 Å². The SMILES string of the molecule is Cc1csc(C(=O)N2CCC(c3nn(C)c(=O)n3C3CC3)CC2)c1. The summed E-state index contributed by atoms with van der Waals surface area (Å²) < 4.78 is 3.35. The fourth-order valence-electron chi connectivity index (χ4n) is 3.49. The molecule has 4 rings (SSSR count). The fourth-order valence-corrected chi connectivity index (χ4v) is 4.36. The number of aryl methyl sites for hydroxylation is 2. The predicted octanol–water partition coefficient (Wildman–Crippen LogP) is 2.31. The first kappa shape index (κ1) is 15.6. The molecule has 2 aromatic heterocycles. The maximum atomic E-state index is 12.6. The van der Waals surface area contributed by atoms with E-state index >= 15 is 0 Å². The number of aromatic nitrogens is 3. The van der Waals surface area contributed by atoms with Gasteiger partial charge in [-0.3, -0.25) is 9.36 Å². The number of thiophene rings is 1. The second-order valence-electron chi connectivity index (χ2n) is 6.92. The maximum Gasteiger partial charge on any atom is 0.345 e. The second-order valence-corrected chi connectivity index (χ2v) is 7.83. The molecule has 2 fully saturated rings.